The van der Waals surface area contributed by atoms with E-state index >= 15 is 0 Å². The first-order chi connectivity index (χ1) is 8.74. The average molecular weight is 303 g/mol. The maximum atomic E-state index is 9.04. The molecule has 0 bridgehead atoms. The first kappa shape index (κ1) is 12.6. The molecule has 0 aliphatic rings. The van der Waals surface area contributed by atoms with E-state index in [2.05, 4.69) is 22.0 Å². The Morgan fingerprint density at radius 3 is 2.67 bits per heavy atom. The van der Waals surface area contributed by atoms with Gasteiger partial charge in [0.2, 0.25) is 0 Å². The lowest BCUT2D eigenvalue weighted by atomic mass is 10.2. The predicted octanol–water partition coefficient (Wildman–Crippen LogP) is 3.57. The van der Waals surface area contributed by atoms with E-state index < -0.39 is 0 Å². The van der Waals surface area contributed by atoms with Gasteiger partial charge in [0.1, 0.15) is 17.6 Å². The lowest BCUT2D eigenvalue weighted by molar-refractivity contribution is 0.474. The largest absolute Gasteiger partial charge is 0.456 e. The van der Waals surface area contributed by atoms with Crippen molar-refractivity contribution in [3.63, 3.8) is 0 Å². The molecule has 90 valence electrons. The standard InChI is InChI=1S/C14H11BrN2O/c15-12-6-5-11(9-17)14(7-12)18-13-4-2-1-3-10(13)8-16/h1-7H,8,16H2. The summed E-state index contributed by atoms with van der Waals surface area (Å²) in [7, 11) is 0. The lowest BCUT2D eigenvalue weighted by Crippen LogP contribution is -1.99. The summed E-state index contributed by atoms with van der Waals surface area (Å²) in [6.07, 6.45) is 0. The van der Waals surface area contributed by atoms with Crippen LogP contribution >= 0.6 is 15.9 Å². The van der Waals surface area contributed by atoms with Crippen molar-refractivity contribution in [2.75, 3.05) is 0 Å². The molecule has 0 radical (unpaired) electrons. The molecule has 0 atom stereocenters. The number of rotatable bonds is 3. The van der Waals surface area contributed by atoms with Crippen LogP contribution in [0.1, 0.15) is 11.1 Å². The number of hydrogen-bond donors (Lipinski definition) is 1. The van der Waals surface area contributed by atoms with Gasteiger partial charge in [-0.2, -0.15) is 5.26 Å². The molecule has 0 aliphatic heterocycles. The van der Waals surface area contributed by atoms with Crippen molar-refractivity contribution >= 4 is 15.9 Å². The van der Waals surface area contributed by atoms with Crippen LogP contribution in [0.3, 0.4) is 0 Å². The number of hydrogen-bond acceptors (Lipinski definition) is 3. The molecule has 2 N–H and O–H groups in total. The second kappa shape index (κ2) is 5.67. The van der Waals surface area contributed by atoms with Crippen molar-refractivity contribution in [3.8, 4) is 17.6 Å². The highest BCUT2D eigenvalue weighted by Gasteiger charge is 2.08. The Morgan fingerprint density at radius 1 is 1.17 bits per heavy atom. The number of halogens is 1. The summed E-state index contributed by atoms with van der Waals surface area (Å²) in [5.41, 5.74) is 7.05. The average Bonchev–Trinajstić information content (AvgIpc) is 2.40. The maximum Gasteiger partial charge on any atom is 0.146 e. The quantitative estimate of drug-likeness (QED) is 0.943. The lowest BCUT2D eigenvalue weighted by Gasteiger charge is -2.11. The van der Waals surface area contributed by atoms with Crippen molar-refractivity contribution in [3.05, 3.63) is 58.1 Å². The fourth-order valence-corrected chi connectivity index (χ4v) is 1.90. The summed E-state index contributed by atoms with van der Waals surface area (Å²) >= 11 is 3.36. The molecule has 0 aromatic heterocycles. The fourth-order valence-electron chi connectivity index (χ4n) is 1.56. The number of nitrogens with zero attached hydrogens (tertiary/aromatic N) is 1. The summed E-state index contributed by atoms with van der Waals surface area (Å²) < 4.78 is 6.63. The van der Waals surface area contributed by atoms with Crippen LogP contribution in [-0.4, -0.2) is 0 Å². The first-order valence-corrected chi connectivity index (χ1v) is 6.19. The van der Waals surface area contributed by atoms with Crippen molar-refractivity contribution in [2.45, 2.75) is 6.54 Å². The van der Waals surface area contributed by atoms with Gasteiger partial charge in [0.05, 0.1) is 5.56 Å². The molecule has 0 amide bonds. The van der Waals surface area contributed by atoms with Gasteiger partial charge >= 0.3 is 0 Å². The van der Waals surface area contributed by atoms with Crippen LogP contribution in [0.25, 0.3) is 0 Å². The maximum absolute atomic E-state index is 9.04. The molecule has 0 spiro atoms. The molecule has 2 rings (SSSR count). The zero-order valence-corrected chi connectivity index (χ0v) is 11.1. The monoisotopic (exact) mass is 302 g/mol. The van der Waals surface area contributed by atoms with Gasteiger partial charge in [-0.15, -0.1) is 0 Å². The van der Waals surface area contributed by atoms with E-state index in [-0.39, 0.29) is 0 Å². The molecule has 0 fully saturated rings. The highest BCUT2D eigenvalue weighted by atomic mass is 79.9. The summed E-state index contributed by atoms with van der Waals surface area (Å²) in [5.74, 6) is 1.20. The molecule has 18 heavy (non-hydrogen) atoms. The normalized spacial score (nSPS) is 9.83. The minimum absolute atomic E-state index is 0.395. The van der Waals surface area contributed by atoms with Crippen LogP contribution in [0.15, 0.2) is 46.9 Å². The Balaban J connectivity index is 2.40. The van der Waals surface area contributed by atoms with Gasteiger partial charge in [0.25, 0.3) is 0 Å². The molecular weight excluding hydrogens is 292 g/mol. The first-order valence-electron chi connectivity index (χ1n) is 5.40. The Morgan fingerprint density at radius 2 is 1.94 bits per heavy atom. The molecule has 0 aliphatic carbocycles. The highest BCUT2D eigenvalue weighted by molar-refractivity contribution is 9.10. The summed E-state index contributed by atoms with van der Waals surface area (Å²) in [6.45, 7) is 0.395. The summed E-state index contributed by atoms with van der Waals surface area (Å²) in [5, 5.41) is 9.04. The van der Waals surface area contributed by atoms with Crippen molar-refractivity contribution in [1.82, 2.24) is 0 Å². The van der Waals surface area contributed by atoms with E-state index in [1.807, 2.05) is 24.3 Å². The third kappa shape index (κ3) is 2.70. The zero-order valence-electron chi connectivity index (χ0n) is 9.56. The second-order valence-corrected chi connectivity index (χ2v) is 4.58. The van der Waals surface area contributed by atoms with Gasteiger partial charge < -0.3 is 10.5 Å². The second-order valence-electron chi connectivity index (χ2n) is 3.67. The predicted molar refractivity (Wildman–Crippen MR) is 73.3 cm³/mol. The molecule has 0 saturated heterocycles. The Kier molecular flexibility index (Phi) is 3.98. The van der Waals surface area contributed by atoms with Gasteiger partial charge in [0, 0.05) is 16.6 Å². The van der Waals surface area contributed by atoms with Gasteiger partial charge in [-0.1, -0.05) is 34.1 Å². The van der Waals surface area contributed by atoms with Crippen LogP contribution in [0.2, 0.25) is 0 Å². The highest BCUT2D eigenvalue weighted by Crippen LogP contribution is 2.30. The SMILES string of the molecule is N#Cc1ccc(Br)cc1Oc1ccccc1CN. The van der Waals surface area contributed by atoms with Crippen LogP contribution in [0, 0.1) is 11.3 Å². The number of nitrogens with two attached hydrogens (primary N) is 1. The van der Waals surface area contributed by atoms with Crippen LogP contribution < -0.4 is 10.5 Å². The molecule has 0 heterocycles. The van der Waals surface area contributed by atoms with Crippen molar-refractivity contribution in [2.24, 2.45) is 5.73 Å². The molecule has 0 unspecified atom stereocenters. The van der Waals surface area contributed by atoms with E-state index in [9.17, 15) is 0 Å². The van der Waals surface area contributed by atoms with Gasteiger partial charge in [-0.3, -0.25) is 0 Å². The van der Waals surface area contributed by atoms with Gasteiger partial charge in [-0.25, -0.2) is 0 Å². The van der Waals surface area contributed by atoms with E-state index in [1.54, 1.807) is 18.2 Å². The van der Waals surface area contributed by atoms with E-state index in [1.165, 1.54) is 0 Å². The molecular formula is C14H11BrN2O. The van der Waals surface area contributed by atoms with Gasteiger partial charge in [-0.05, 0) is 24.3 Å². The number of nitriles is 1. The summed E-state index contributed by atoms with van der Waals surface area (Å²) in [6, 6.07) is 14.9. The molecule has 2 aromatic carbocycles. The molecule has 4 heteroatoms. The third-order valence-corrected chi connectivity index (χ3v) is 2.97. The number of ether oxygens (including phenoxy) is 1. The fraction of sp³-hybridized carbons (Fsp3) is 0.0714. The third-order valence-electron chi connectivity index (χ3n) is 2.48. The Hall–Kier alpha value is -1.83. The molecule has 2 aromatic rings. The molecule has 0 saturated carbocycles. The van der Waals surface area contributed by atoms with Crippen molar-refractivity contribution in [1.29, 1.82) is 5.26 Å². The van der Waals surface area contributed by atoms with Crippen LogP contribution in [0.4, 0.5) is 0 Å². The number of benzene rings is 2. The smallest absolute Gasteiger partial charge is 0.146 e. The van der Waals surface area contributed by atoms with Gasteiger partial charge in [0.15, 0.2) is 0 Å². The van der Waals surface area contributed by atoms with Crippen molar-refractivity contribution < 1.29 is 4.74 Å². The van der Waals surface area contributed by atoms with Crippen LogP contribution in [0.5, 0.6) is 11.5 Å². The van der Waals surface area contributed by atoms with Crippen LogP contribution in [-0.2, 0) is 6.54 Å². The molecule has 3 nitrogen and oxygen atoms in total. The Labute approximate surface area is 114 Å². The minimum atomic E-state index is 0.395. The van der Waals surface area contributed by atoms with E-state index in [0.717, 1.165) is 10.0 Å². The summed E-state index contributed by atoms with van der Waals surface area (Å²) in [4.78, 5) is 0. The minimum Gasteiger partial charge on any atom is -0.456 e. The van der Waals surface area contributed by atoms with E-state index in [0.29, 0.717) is 23.6 Å². The number of para-hydroxylation sites is 1. The Bertz CT molecular complexity index is 605. The van der Waals surface area contributed by atoms with E-state index in [4.69, 9.17) is 15.7 Å². The zero-order chi connectivity index (χ0) is 13.0. The topological polar surface area (TPSA) is 59.0 Å².